The lowest BCUT2D eigenvalue weighted by molar-refractivity contribution is -0.438. The van der Waals surface area contributed by atoms with Gasteiger partial charge in [0, 0.05) is 17.2 Å². The minimum Gasteiger partial charge on any atom is -0.594 e. The number of hydrogen-bond acceptors (Lipinski definition) is 5. The quantitative estimate of drug-likeness (QED) is 0.395. The number of nitro groups is 1. The SMILES string of the molecule is O=[N+]([O-])c1ccccc1N=[N+]([O-])c1ccccc1O. The summed E-state index contributed by atoms with van der Waals surface area (Å²) >= 11 is 0. The molecule has 2 aromatic rings. The maximum absolute atomic E-state index is 11.8. The van der Waals surface area contributed by atoms with Gasteiger partial charge in [0.05, 0.1) is 4.92 Å². The van der Waals surface area contributed by atoms with Crippen molar-refractivity contribution in [3.8, 4) is 5.75 Å². The van der Waals surface area contributed by atoms with Crippen molar-refractivity contribution in [2.24, 2.45) is 5.11 Å². The molecule has 7 nitrogen and oxygen atoms in total. The average molecular weight is 259 g/mol. The fraction of sp³-hybridized carbons (Fsp3) is 0. The molecule has 0 aromatic heterocycles. The van der Waals surface area contributed by atoms with Gasteiger partial charge in [-0.2, -0.15) is 0 Å². The standard InChI is InChI=1S/C12H9N3O4/c16-12-8-4-3-7-11(12)14(17)13-9-5-1-2-6-10(9)15(18)19/h1-8,16H. The third-order valence-electron chi connectivity index (χ3n) is 2.36. The molecule has 96 valence electrons. The molecule has 0 amide bonds. The molecule has 0 saturated heterocycles. The van der Waals surface area contributed by atoms with Crippen LogP contribution in [0.5, 0.6) is 5.75 Å². The Balaban J connectivity index is 2.47. The van der Waals surface area contributed by atoms with Crippen molar-refractivity contribution in [3.63, 3.8) is 0 Å². The Hall–Kier alpha value is -2.96. The largest absolute Gasteiger partial charge is 0.594 e. The minimum absolute atomic E-state index is 0.0780. The van der Waals surface area contributed by atoms with Crippen molar-refractivity contribution < 1.29 is 14.9 Å². The molecule has 2 aromatic carbocycles. The van der Waals surface area contributed by atoms with E-state index in [0.29, 0.717) is 0 Å². The van der Waals surface area contributed by atoms with E-state index < -0.39 is 4.92 Å². The number of aromatic hydroxyl groups is 1. The average Bonchev–Trinajstić information content (AvgIpc) is 2.39. The molecule has 0 fully saturated rings. The van der Waals surface area contributed by atoms with Crippen molar-refractivity contribution in [2.75, 3.05) is 0 Å². The fourth-order valence-corrected chi connectivity index (χ4v) is 1.48. The minimum atomic E-state index is -0.627. The van der Waals surface area contributed by atoms with Gasteiger partial charge in [0.25, 0.3) is 5.69 Å². The number of phenols is 1. The van der Waals surface area contributed by atoms with Crippen LogP contribution in [0, 0.1) is 15.3 Å². The maximum Gasteiger partial charge on any atom is 0.301 e. The molecule has 0 unspecified atom stereocenters. The Bertz CT molecular complexity index is 655. The zero-order valence-corrected chi connectivity index (χ0v) is 9.63. The highest BCUT2D eigenvalue weighted by atomic mass is 16.6. The van der Waals surface area contributed by atoms with Crippen LogP contribution in [0.25, 0.3) is 0 Å². The summed E-state index contributed by atoms with van der Waals surface area (Å²) < 4.78 is 0. The molecule has 0 saturated carbocycles. The van der Waals surface area contributed by atoms with Crippen molar-refractivity contribution in [3.05, 3.63) is 63.9 Å². The van der Waals surface area contributed by atoms with Crippen LogP contribution < -0.4 is 0 Å². The number of para-hydroxylation sites is 3. The Morgan fingerprint density at radius 2 is 1.53 bits per heavy atom. The van der Waals surface area contributed by atoms with Gasteiger partial charge >= 0.3 is 5.69 Å². The van der Waals surface area contributed by atoms with E-state index in [1.165, 1.54) is 36.4 Å². The van der Waals surface area contributed by atoms with Gasteiger partial charge in [0.15, 0.2) is 5.75 Å². The summed E-state index contributed by atoms with van der Waals surface area (Å²) in [6.45, 7) is 0. The van der Waals surface area contributed by atoms with Gasteiger partial charge < -0.3 is 10.3 Å². The van der Waals surface area contributed by atoms with Crippen LogP contribution in [-0.4, -0.2) is 14.9 Å². The van der Waals surface area contributed by atoms with Crippen molar-refractivity contribution >= 4 is 17.1 Å². The van der Waals surface area contributed by atoms with Crippen molar-refractivity contribution in [1.29, 1.82) is 0 Å². The van der Waals surface area contributed by atoms with E-state index in [0.717, 1.165) is 0 Å². The molecule has 0 heterocycles. The second-order valence-electron chi connectivity index (χ2n) is 3.61. The normalized spacial score (nSPS) is 11.3. The number of rotatable bonds is 3. The number of phenolic OH excluding ortho intramolecular Hbond substituents is 1. The van der Waals surface area contributed by atoms with E-state index in [2.05, 4.69) is 5.11 Å². The second-order valence-corrected chi connectivity index (χ2v) is 3.61. The monoisotopic (exact) mass is 259 g/mol. The van der Waals surface area contributed by atoms with Crippen LogP contribution in [-0.2, 0) is 0 Å². The third kappa shape index (κ3) is 2.65. The Labute approximate surface area is 107 Å². The van der Waals surface area contributed by atoms with Crippen LogP contribution in [0.4, 0.5) is 17.1 Å². The lowest BCUT2D eigenvalue weighted by atomic mass is 10.3. The van der Waals surface area contributed by atoms with Gasteiger partial charge in [-0.3, -0.25) is 10.1 Å². The summed E-state index contributed by atoms with van der Waals surface area (Å²) in [7, 11) is 0. The van der Waals surface area contributed by atoms with Crippen molar-refractivity contribution in [2.45, 2.75) is 0 Å². The van der Waals surface area contributed by atoms with Crippen molar-refractivity contribution in [1.82, 2.24) is 0 Å². The first-order valence-corrected chi connectivity index (χ1v) is 5.30. The topological polar surface area (TPSA) is 102 Å². The summed E-state index contributed by atoms with van der Waals surface area (Å²) in [6.07, 6.45) is 0. The van der Waals surface area contributed by atoms with Gasteiger partial charge in [-0.05, 0) is 17.0 Å². The fourth-order valence-electron chi connectivity index (χ4n) is 1.48. The van der Waals surface area contributed by atoms with Gasteiger partial charge in [-0.25, -0.2) is 0 Å². The third-order valence-corrected chi connectivity index (χ3v) is 2.36. The zero-order valence-electron chi connectivity index (χ0n) is 9.63. The zero-order chi connectivity index (χ0) is 13.8. The summed E-state index contributed by atoms with van der Waals surface area (Å²) in [6, 6.07) is 11.4. The maximum atomic E-state index is 11.8. The first-order valence-electron chi connectivity index (χ1n) is 5.30. The van der Waals surface area contributed by atoms with E-state index >= 15 is 0 Å². The van der Waals surface area contributed by atoms with E-state index in [1.54, 1.807) is 12.1 Å². The first-order chi connectivity index (χ1) is 9.09. The number of azo groups is 1. The summed E-state index contributed by atoms with van der Waals surface area (Å²) in [4.78, 5) is 10.3. The summed E-state index contributed by atoms with van der Waals surface area (Å²) in [5.74, 6) is -0.250. The molecule has 0 radical (unpaired) electrons. The lowest BCUT2D eigenvalue weighted by Crippen LogP contribution is -1.93. The molecule has 0 aliphatic rings. The summed E-state index contributed by atoms with van der Waals surface area (Å²) in [5, 5.41) is 35.6. The predicted octanol–water partition coefficient (Wildman–Crippen LogP) is 3.23. The Morgan fingerprint density at radius 1 is 0.947 bits per heavy atom. The molecule has 1 N–H and O–H groups in total. The highest BCUT2D eigenvalue weighted by Gasteiger charge is 2.17. The van der Waals surface area contributed by atoms with Crippen LogP contribution in [0.1, 0.15) is 0 Å². The second kappa shape index (κ2) is 5.13. The molecular formula is C12H9N3O4. The molecular weight excluding hydrogens is 250 g/mol. The predicted molar refractivity (Wildman–Crippen MR) is 66.6 cm³/mol. The van der Waals surface area contributed by atoms with Gasteiger partial charge in [-0.1, -0.05) is 24.3 Å². The number of nitrogens with zero attached hydrogens (tertiary/aromatic N) is 3. The molecule has 7 heteroatoms. The molecule has 0 atom stereocenters. The van der Waals surface area contributed by atoms with Gasteiger partial charge in [-0.15, -0.1) is 0 Å². The highest BCUT2D eigenvalue weighted by Crippen LogP contribution is 2.30. The lowest BCUT2D eigenvalue weighted by Gasteiger charge is -2.01. The molecule has 0 aliphatic carbocycles. The number of benzene rings is 2. The van der Waals surface area contributed by atoms with E-state index in [4.69, 9.17) is 0 Å². The highest BCUT2D eigenvalue weighted by molar-refractivity contribution is 5.56. The Morgan fingerprint density at radius 3 is 2.16 bits per heavy atom. The first kappa shape index (κ1) is 12.5. The van der Waals surface area contributed by atoms with Crippen LogP contribution >= 0.6 is 0 Å². The molecule has 0 spiro atoms. The van der Waals surface area contributed by atoms with Crippen LogP contribution in [0.3, 0.4) is 0 Å². The molecule has 19 heavy (non-hydrogen) atoms. The van der Waals surface area contributed by atoms with E-state index in [1.807, 2.05) is 0 Å². The van der Waals surface area contributed by atoms with Gasteiger partial charge in [0.1, 0.15) is 0 Å². The van der Waals surface area contributed by atoms with E-state index in [9.17, 15) is 20.4 Å². The van der Waals surface area contributed by atoms with Gasteiger partial charge in [0.2, 0.25) is 5.69 Å². The smallest absolute Gasteiger partial charge is 0.301 e. The molecule has 2 rings (SSSR count). The number of hydrogen-bond donors (Lipinski definition) is 1. The molecule has 0 bridgehead atoms. The number of nitro benzene ring substituents is 1. The summed E-state index contributed by atoms with van der Waals surface area (Å²) in [5.41, 5.74) is -0.440. The Kier molecular flexibility index (Phi) is 3.37. The van der Waals surface area contributed by atoms with Crippen LogP contribution in [0.2, 0.25) is 0 Å². The molecule has 0 aliphatic heterocycles. The van der Waals surface area contributed by atoms with Crippen LogP contribution in [0.15, 0.2) is 53.6 Å². The van der Waals surface area contributed by atoms with E-state index in [-0.39, 0.29) is 27.7 Å².